The van der Waals surface area contributed by atoms with Gasteiger partial charge in [0.25, 0.3) is 0 Å². The number of hydrogen-bond acceptors (Lipinski definition) is 2. The summed E-state index contributed by atoms with van der Waals surface area (Å²) in [5, 5.41) is 0.823. The molecule has 0 bridgehead atoms. The fourth-order valence-electron chi connectivity index (χ4n) is 2.28. The van der Waals surface area contributed by atoms with Gasteiger partial charge >= 0.3 is 0 Å². The molecule has 1 aromatic rings. The SMILES string of the molecule is CC.Nc1ccc(SC2CCCCCCC2)cc1. The molecule has 2 rings (SSSR count). The second kappa shape index (κ2) is 9.32. The summed E-state index contributed by atoms with van der Waals surface area (Å²) in [4.78, 5) is 1.37. The van der Waals surface area contributed by atoms with Crippen LogP contribution in [-0.4, -0.2) is 5.25 Å². The van der Waals surface area contributed by atoms with Crippen LogP contribution in [0.1, 0.15) is 58.8 Å². The third-order valence-electron chi connectivity index (χ3n) is 3.24. The summed E-state index contributed by atoms with van der Waals surface area (Å²) >= 11 is 2.04. The molecule has 0 amide bonds. The van der Waals surface area contributed by atoms with Crippen LogP contribution in [0.3, 0.4) is 0 Å². The Morgan fingerprint density at radius 3 is 1.94 bits per heavy atom. The Bertz CT molecular complexity index is 299. The maximum atomic E-state index is 5.70. The molecule has 0 aliphatic heterocycles. The lowest BCUT2D eigenvalue weighted by Crippen LogP contribution is -2.05. The maximum Gasteiger partial charge on any atom is 0.0314 e. The van der Waals surface area contributed by atoms with E-state index in [0.717, 1.165) is 10.9 Å². The summed E-state index contributed by atoms with van der Waals surface area (Å²) < 4.78 is 0. The van der Waals surface area contributed by atoms with Gasteiger partial charge in [-0.3, -0.25) is 0 Å². The highest BCUT2D eigenvalue weighted by atomic mass is 32.2. The van der Waals surface area contributed by atoms with Gasteiger partial charge in [-0.1, -0.05) is 46.0 Å². The summed E-state index contributed by atoms with van der Waals surface area (Å²) in [7, 11) is 0. The van der Waals surface area contributed by atoms with E-state index in [2.05, 4.69) is 12.1 Å². The number of rotatable bonds is 2. The topological polar surface area (TPSA) is 26.0 Å². The van der Waals surface area contributed by atoms with E-state index in [1.165, 1.54) is 49.8 Å². The lowest BCUT2D eigenvalue weighted by atomic mass is 10.0. The predicted molar refractivity (Wildman–Crippen MR) is 84.2 cm³/mol. The normalized spacial score (nSPS) is 17.2. The van der Waals surface area contributed by atoms with Gasteiger partial charge in [-0.05, 0) is 37.1 Å². The zero-order valence-corrected chi connectivity index (χ0v) is 12.6. The second-order valence-corrected chi connectivity index (χ2v) is 6.03. The Morgan fingerprint density at radius 2 is 1.39 bits per heavy atom. The Balaban J connectivity index is 0.000000771. The summed E-state index contributed by atoms with van der Waals surface area (Å²) in [5.41, 5.74) is 6.56. The smallest absolute Gasteiger partial charge is 0.0314 e. The standard InChI is InChI=1S/C14H21NS.C2H6/c15-12-8-10-14(11-9-12)16-13-6-4-2-1-3-5-7-13;1-2/h8-11,13H,1-7,15H2;1-2H3. The fourth-order valence-corrected chi connectivity index (χ4v) is 3.52. The monoisotopic (exact) mass is 265 g/mol. The first-order chi connectivity index (χ1) is 8.84. The van der Waals surface area contributed by atoms with Gasteiger partial charge in [0.2, 0.25) is 0 Å². The number of nitrogens with two attached hydrogens (primary N) is 1. The van der Waals surface area contributed by atoms with E-state index < -0.39 is 0 Å². The molecule has 1 aliphatic rings. The van der Waals surface area contributed by atoms with Crippen molar-refractivity contribution in [3.05, 3.63) is 24.3 Å². The van der Waals surface area contributed by atoms with Crippen LogP contribution in [0.25, 0.3) is 0 Å². The first kappa shape index (κ1) is 15.4. The highest BCUT2D eigenvalue weighted by Crippen LogP contribution is 2.32. The molecule has 0 heterocycles. The fraction of sp³-hybridized carbons (Fsp3) is 0.625. The number of benzene rings is 1. The van der Waals surface area contributed by atoms with Crippen molar-refractivity contribution >= 4 is 17.4 Å². The minimum Gasteiger partial charge on any atom is -0.399 e. The largest absolute Gasteiger partial charge is 0.399 e. The molecule has 102 valence electrons. The van der Waals surface area contributed by atoms with Crippen LogP contribution in [0.15, 0.2) is 29.2 Å². The highest BCUT2D eigenvalue weighted by molar-refractivity contribution is 8.00. The van der Waals surface area contributed by atoms with Gasteiger partial charge in [0.1, 0.15) is 0 Å². The summed E-state index contributed by atoms with van der Waals surface area (Å²) in [5.74, 6) is 0. The zero-order valence-electron chi connectivity index (χ0n) is 11.8. The van der Waals surface area contributed by atoms with E-state index in [9.17, 15) is 0 Å². The van der Waals surface area contributed by atoms with E-state index in [1.807, 2.05) is 37.7 Å². The van der Waals surface area contributed by atoms with Crippen LogP contribution in [-0.2, 0) is 0 Å². The quantitative estimate of drug-likeness (QED) is 0.714. The second-order valence-electron chi connectivity index (χ2n) is 4.65. The van der Waals surface area contributed by atoms with Crippen LogP contribution in [0.2, 0.25) is 0 Å². The predicted octanol–water partition coefficient (Wildman–Crippen LogP) is 5.50. The van der Waals surface area contributed by atoms with Gasteiger partial charge < -0.3 is 5.73 Å². The molecule has 0 saturated heterocycles. The van der Waals surface area contributed by atoms with Gasteiger partial charge in [0.05, 0.1) is 0 Å². The summed E-state index contributed by atoms with van der Waals surface area (Å²) in [6.45, 7) is 4.00. The summed E-state index contributed by atoms with van der Waals surface area (Å²) in [6.07, 6.45) is 9.89. The highest BCUT2D eigenvalue weighted by Gasteiger charge is 2.12. The number of nitrogen functional groups attached to an aromatic ring is 1. The van der Waals surface area contributed by atoms with E-state index >= 15 is 0 Å². The third kappa shape index (κ3) is 5.81. The van der Waals surface area contributed by atoms with Crippen molar-refractivity contribution in [2.75, 3.05) is 5.73 Å². The lowest BCUT2D eigenvalue weighted by molar-refractivity contribution is 0.513. The number of thioether (sulfide) groups is 1. The molecule has 1 aromatic carbocycles. The third-order valence-corrected chi connectivity index (χ3v) is 4.58. The molecule has 0 aromatic heterocycles. The summed E-state index contributed by atoms with van der Waals surface area (Å²) in [6, 6.07) is 8.31. The van der Waals surface area contributed by atoms with E-state index in [4.69, 9.17) is 5.73 Å². The first-order valence-corrected chi connectivity index (χ1v) is 8.25. The van der Waals surface area contributed by atoms with Gasteiger partial charge in [-0.25, -0.2) is 0 Å². The van der Waals surface area contributed by atoms with Crippen molar-refractivity contribution in [1.82, 2.24) is 0 Å². The van der Waals surface area contributed by atoms with Gasteiger partial charge in [-0.15, -0.1) is 11.8 Å². The molecule has 1 fully saturated rings. The van der Waals surface area contributed by atoms with E-state index in [0.29, 0.717) is 0 Å². The average molecular weight is 265 g/mol. The van der Waals surface area contributed by atoms with Crippen molar-refractivity contribution in [3.63, 3.8) is 0 Å². The molecule has 0 spiro atoms. The van der Waals surface area contributed by atoms with E-state index in [1.54, 1.807) is 0 Å². The zero-order chi connectivity index (χ0) is 13.2. The van der Waals surface area contributed by atoms with Crippen LogP contribution in [0.5, 0.6) is 0 Å². The molecule has 2 heteroatoms. The van der Waals surface area contributed by atoms with Crippen LogP contribution in [0.4, 0.5) is 5.69 Å². The van der Waals surface area contributed by atoms with Crippen molar-refractivity contribution in [2.45, 2.75) is 68.9 Å². The molecular weight excluding hydrogens is 238 g/mol. The van der Waals surface area contributed by atoms with Crippen LogP contribution < -0.4 is 5.73 Å². The van der Waals surface area contributed by atoms with Crippen LogP contribution >= 0.6 is 11.8 Å². The van der Waals surface area contributed by atoms with Crippen molar-refractivity contribution in [2.24, 2.45) is 0 Å². The number of anilines is 1. The minimum atomic E-state index is 0.823. The Morgan fingerprint density at radius 1 is 0.889 bits per heavy atom. The van der Waals surface area contributed by atoms with Gasteiger partial charge in [0.15, 0.2) is 0 Å². The molecule has 1 saturated carbocycles. The molecule has 2 N–H and O–H groups in total. The molecule has 0 unspecified atom stereocenters. The van der Waals surface area contributed by atoms with Crippen molar-refractivity contribution < 1.29 is 0 Å². The first-order valence-electron chi connectivity index (χ1n) is 7.37. The molecule has 18 heavy (non-hydrogen) atoms. The van der Waals surface area contributed by atoms with E-state index in [-0.39, 0.29) is 0 Å². The van der Waals surface area contributed by atoms with Crippen molar-refractivity contribution in [1.29, 1.82) is 0 Å². The van der Waals surface area contributed by atoms with Crippen molar-refractivity contribution in [3.8, 4) is 0 Å². The average Bonchev–Trinajstić information content (AvgIpc) is 2.37. The van der Waals surface area contributed by atoms with Gasteiger partial charge in [-0.2, -0.15) is 0 Å². The van der Waals surface area contributed by atoms with Gasteiger partial charge in [0, 0.05) is 15.8 Å². The Hall–Kier alpha value is -0.630. The minimum absolute atomic E-state index is 0.823. The molecular formula is C16H27NS. The molecule has 1 aliphatic carbocycles. The lowest BCUT2D eigenvalue weighted by Gasteiger charge is -2.19. The molecule has 0 atom stereocenters. The Kier molecular flexibility index (Phi) is 7.99. The number of hydrogen-bond donors (Lipinski definition) is 1. The molecule has 0 radical (unpaired) electrons. The van der Waals surface area contributed by atoms with Crippen LogP contribution in [0, 0.1) is 0 Å². The Labute approximate surface area is 117 Å². The molecule has 1 nitrogen and oxygen atoms in total. The maximum absolute atomic E-state index is 5.70.